The third-order valence-corrected chi connectivity index (χ3v) is 5.80. The third kappa shape index (κ3) is 5.95. The molecule has 0 bridgehead atoms. The summed E-state index contributed by atoms with van der Waals surface area (Å²) >= 11 is 0. The highest BCUT2D eigenvalue weighted by Gasteiger charge is 2.33. The number of nitrogens with one attached hydrogen (secondary N) is 3. The molecule has 2 aromatic rings. The molecule has 8 nitrogen and oxygen atoms in total. The lowest BCUT2D eigenvalue weighted by molar-refractivity contribution is 0.105. The Hall–Kier alpha value is -2.61. The molecule has 0 amide bonds. The van der Waals surface area contributed by atoms with E-state index in [9.17, 15) is 0 Å². The summed E-state index contributed by atoms with van der Waals surface area (Å²) in [4.78, 5) is 8.94. The zero-order valence-electron chi connectivity index (χ0n) is 18.3. The molecule has 1 aromatic carbocycles. The van der Waals surface area contributed by atoms with E-state index in [4.69, 9.17) is 9.47 Å². The molecular weight excluding hydrogens is 380 g/mol. The molecule has 1 aliphatic rings. The average Bonchev–Trinajstić information content (AvgIpc) is 3.44. The first-order valence-electron chi connectivity index (χ1n) is 10.8. The predicted molar refractivity (Wildman–Crippen MR) is 119 cm³/mol. The Morgan fingerprint density at radius 2 is 1.97 bits per heavy atom. The summed E-state index contributed by atoms with van der Waals surface area (Å²) in [6.45, 7) is 5.09. The van der Waals surface area contributed by atoms with Gasteiger partial charge < -0.3 is 20.1 Å². The van der Waals surface area contributed by atoms with Crippen molar-refractivity contribution in [3.05, 3.63) is 30.1 Å². The van der Waals surface area contributed by atoms with Gasteiger partial charge in [0.05, 0.1) is 13.7 Å². The Morgan fingerprint density at radius 1 is 1.20 bits per heavy atom. The van der Waals surface area contributed by atoms with E-state index in [0.29, 0.717) is 17.8 Å². The predicted octanol–water partition coefficient (Wildman–Crippen LogP) is 3.13. The van der Waals surface area contributed by atoms with Gasteiger partial charge in [0, 0.05) is 32.4 Å². The molecule has 1 aromatic heterocycles. The zero-order valence-corrected chi connectivity index (χ0v) is 18.3. The minimum atomic E-state index is 0.306. The number of benzene rings is 1. The number of H-pyrrole nitrogens is 1. The van der Waals surface area contributed by atoms with Crippen LogP contribution >= 0.6 is 0 Å². The van der Waals surface area contributed by atoms with Crippen molar-refractivity contribution in [2.24, 2.45) is 10.4 Å². The number of guanidine groups is 1. The maximum Gasteiger partial charge on any atom is 0.191 e. The fourth-order valence-electron chi connectivity index (χ4n) is 3.98. The summed E-state index contributed by atoms with van der Waals surface area (Å²) < 4.78 is 10.8. The summed E-state index contributed by atoms with van der Waals surface area (Å²) in [5.74, 6) is 3.02. The second kappa shape index (κ2) is 11.0. The number of rotatable bonds is 10. The van der Waals surface area contributed by atoms with Gasteiger partial charge in [-0.1, -0.05) is 12.8 Å². The van der Waals surface area contributed by atoms with Gasteiger partial charge in [0.15, 0.2) is 11.8 Å². The summed E-state index contributed by atoms with van der Waals surface area (Å²) in [7, 11) is 3.44. The van der Waals surface area contributed by atoms with Gasteiger partial charge in [-0.15, -0.1) is 0 Å². The molecule has 0 saturated heterocycles. The topological polar surface area (TPSA) is 96.4 Å². The standard InChI is InChI=1S/C22H34N6O2/c1-4-30-14-13-22(11-5-6-12-22)16-25-21(23-2)24-15-19-26-20(28-27-19)17-7-9-18(29-3)10-8-17/h7-10H,4-6,11-16H2,1-3H3,(H2,23,24,25)(H,26,27,28). The van der Waals surface area contributed by atoms with Gasteiger partial charge in [-0.25, -0.2) is 4.98 Å². The maximum absolute atomic E-state index is 5.61. The molecule has 164 valence electrons. The van der Waals surface area contributed by atoms with E-state index < -0.39 is 0 Å². The van der Waals surface area contributed by atoms with Crippen molar-refractivity contribution in [3.8, 4) is 17.1 Å². The molecule has 0 unspecified atom stereocenters. The molecule has 1 fully saturated rings. The Morgan fingerprint density at radius 3 is 2.63 bits per heavy atom. The second-order valence-electron chi connectivity index (χ2n) is 7.77. The number of aromatic nitrogens is 3. The largest absolute Gasteiger partial charge is 0.497 e. The van der Waals surface area contributed by atoms with Gasteiger partial charge in [-0.05, 0) is 55.9 Å². The molecule has 1 saturated carbocycles. The molecule has 1 heterocycles. The van der Waals surface area contributed by atoms with Crippen molar-refractivity contribution < 1.29 is 9.47 Å². The summed E-state index contributed by atoms with van der Waals surface area (Å²) in [5.41, 5.74) is 1.25. The second-order valence-corrected chi connectivity index (χ2v) is 7.77. The lowest BCUT2D eigenvalue weighted by Gasteiger charge is -2.30. The molecule has 0 atom stereocenters. The number of aliphatic imine (C=N–C) groups is 1. The number of nitrogens with zero attached hydrogens (tertiary/aromatic N) is 3. The first-order valence-corrected chi connectivity index (χ1v) is 10.8. The number of hydrogen-bond donors (Lipinski definition) is 3. The lowest BCUT2D eigenvalue weighted by Crippen LogP contribution is -2.43. The van der Waals surface area contributed by atoms with Crippen LogP contribution in [-0.4, -0.2) is 55.1 Å². The highest BCUT2D eigenvalue weighted by Crippen LogP contribution is 2.40. The fourth-order valence-corrected chi connectivity index (χ4v) is 3.98. The highest BCUT2D eigenvalue weighted by molar-refractivity contribution is 5.79. The van der Waals surface area contributed by atoms with E-state index in [-0.39, 0.29) is 0 Å². The molecular formula is C22H34N6O2. The van der Waals surface area contributed by atoms with Crippen molar-refractivity contribution in [2.75, 3.05) is 33.9 Å². The average molecular weight is 415 g/mol. The fraction of sp³-hybridized carbons (Fsp3) is 0.591. The number of ether oxygens (including phenoxy) is 2. The molecule has 0 radical (unpaired) electrons. The van der Waals surface area contributed by atoms with Crippen LogP contribution in [0.4, 0.5) is 0 Å². The van der Waals surface area contributed by atoms with Gasteiger partial charge in [0.1, 0.15) is 11.6 Å². The Bertz CT molecular complexity index is 796. The monoisotopic (exact) mass is 414 g/mol. The van der Waals surface area contributed by atoms with Gasteiger partial charge in [-0.2, -0.15) is 5.10 Å². The van der Waals surface area contributed by atoms with Crippen LogP contribution < -0.4 is 15.4 Å². The Balaban J connectivity index is 1.51. The van der Waals surface area contributed by atoms with Crippen LogP contribution in [-0.2, 0) is 11.3 Å². The van der Waals surface area contributed by atoms with Crippen molar-refractivity contribution in [1.29, 1.82) is 0 Å². The molecule has 3 rings (SSSR count). The van der Waals surface area contributed by atoms with E-state index >= 15 is 0 Å². The van der Waals surface area contributed by atoms with E-state index in [1.165, 1.54) is 25.7 Å². The zero-order chi connectivity index (χ0) is 21.2. The Kier molecular flexibility index (Phi) is 8.07. The van der Waals surface area contributed by atoms with Gasteiger partial charge in [0.2, 0.25) is 0 Å². The quantitative estimate of drug-likeness (QED) is 0.314. The van der Waals surface area contributed by atoms with Crippen LogP contribution in [0.1, 0.15) is 44.9 Å². The summed E-state index contributed by atoms with van der Waals surface area (Å²) in [5, 5.41) is 14.2. The molecule has 0 spiro atoms. The molecule has 0 aliphatic heterocycles. The van der Waals surface area contributed by atoms with Crippen molar-refractivity contribution in [1.82, 2.24) is 25.8 Å². The lowest BCUT2D eigenvalue weighted by atomic mass is 9.83. The number of methoxy groups -OCH3 is 1. The van der Waals surface area contributed by atoms with Crippen LogP contribution in [0.3, 0.4) is 0 Å². The normalized spacial score (nSPS) is 15.9. The maximum atomic E-state index is 5.61. The van der Waals surface area contributed by atoms with Crippen LogP contribution in [0.5, 0.6) is 5.75 Å². The molecule has 1 aliphatic carbocycles. The highest BCUT2D eigenvalue weighted by atomic mass is 16.5. The van der Waals surface area contributed by atoms with Crippen LogP contribution in [0.25, 0.3) is 11.4 Å². The van der Waals surface area contributed by atoms with E-state index in [0.717, 1.165) is 49.3 Å². The number of hydrogen-bond acceptors (Lipinski definition) is 5. The van der Waals surface area contributed by atoms with Crippen molar-refractivity contribution >= 4 is 5.96 Å². The van der Waals surface area contributed by atoms with E-state index in [1.807, 2.05) is 24.3 Å². The van der Waals surface area contributed by atoms with E-state index in [1.54, 1.807) is 14.2 Å². The third-order valence-electron chi connectivity index (χ3n) is 5.80. The molecule has 30 heavy (non-hydrogen) atoms. The van der Waals surface area contributed by atoms with Crippen LogP contribution in [0.15, 0.2) is 29.3 Å². The number of aromatic amines is 1. The van der Waals surface area contributed by atoms with Crippen molar-refractivity contribution in [3.63, 3.8) is 0 Å². The summed E-state index contributed by atoms with van der Waals surface area (Å²) in [6.07, 6.45) is 6.19. The van der Waals surface area contributed by atoms with E-state index in [2.05, 4.69) is 37.7 Å². The van der Waals surface area contributed by atoms with Crippen LogP contribution in [0.2, 0.25) is 0 Å². The molecule has 3 N–H and O–H groups in total. The smallest absolute Gasteiger partial charge is 0.191 e. The first kappa shape index (κ1) is 22.1. The van der Waals surface area contributed by atoms with Gasteiger partial charge in [0.25, 0.3) is 0 Å². The SMILES string of the molecule is CCOCCC1(CNC(=NC)NCc2nc(-c3ccc(OC)cc3)n[nH]2)CCCC1. The minimum absolute atomic E-state index is 0.306. The van der Waals surface area contributed by atoms with Gasteiger partial charge >= 0.3 is 0 Å². The van der Waals surface area contributed by atoms with Gasteiger partial charge in [-0.3, -0.25) is 10.1 Å². The van der Waals surface area contributed by atoms with Crippen molar-refractivity contribution in [2.45, 2.75) is 45.6 Å². The Labute approximate surface area is 178 Å². The first-order chi connectivity index (χ1) is 14.7. The van der Waals surface area contributed by atoms with Crippen LogP contribution in [0, 0.1) is 5.41 Å². The molecule has 8 heteroatoms. The minimum Gasteiger partial charge on any atom is -0.497 e. The summed E-state index contributed by atoms with van der Waals surface area (Å²) in [6, 6.07) is 7.70.